The fraction of sp³-hybridized carbons (Fsp3) is 0.375. The lowest BCUT2D eigenvalue weighted by atomic mass is 10.1. The average molecular weight is 417 g/mol. The molecule has 2 rings (SSSR count). The summed E-state index contributed by atoms with van der Waals surface area (Å²) in [5.41, 5.74) is 1.15. The third-order valence-corrected chi connectivity index (χ3v) is 4.74. The fourth-order valence-electron chi connectivity index (χ4n) is 2.04. The van der Waals surface area contributed by atoms with Crippen molar-refractivity contribution in [1.29, 1.82) is 0 Å². The molecule has 1 N–H and O–H groups in total. The maximum Gasteiger partial charge on any atom is 0.183 e. The molecule has 0 aliphatic heterocycles. The van der Waals surface area contributed by atoms with Gasteiger partial charge in [-0.3, -0.25) is 0 Å². The van der Waals surface area contributed by atoms with Crippen LogP contribution in [0, 0.1) is 0 Å². The first-order chi connectivity index (χ1) is 9.97. The van der Waals surface area contributed by atoms with Crippen molar-refractivity contribution in [3.8, 4) is 5.75 Å². The largest absolute Gasteiger partial charge is 0.491 e. The van der Waals surface area contributed by atoms with E-state index in [1.54, 1.807) is 0 Å². The van der Waals surface area contributed by atoms with E-state index in [0.717, 1.165) is 26.2 Å². The zero-order valence-corrected chi connectivity index (χ0v) is 15.5. The van der Waals surface area contributed by atoms with Gasteiger partial charge in [0.15, 0.2) is 4.67 Å². The van der Waals surface area contributed by atoms with Crippen molar-refractivity contribution in [1.82, 2.24) is 5.32 Å². The van der Waals surface area contributed by atoms with Crippen LogP contribution in [0.2, 0.25) is 0 Å². The summed E-state index contributed by atoms with van der Waals surface area (Å²) in [7, 11) is 0. The van der Waals surface area contributed by atoms with Gasteiger partial charge < -0.3 is 14.5 Å². The fourth-order valence-corrected chi connectivity index (χ4v) is 2.70. The van der Waals surface area contributed by atoms with Crippen molar-refractivity contribution in [3.63, 3.8) is 0 Å². The van der Waals surface area contributed by atoms with Crippen LogP contribution in [-0.4, -0.2) is 6.10 Å². The molecule has 21 heavy (non-hydrogen) atoms. The molecule has 0 bridgehead atoms. The number of halogens is 2. The molecule has 114 valence electrons. The number of hydrogen-bond donors (Lipinski definition) is 1. The van der Waals surface area contributed by atoms with E-state index in [1.165, 1.54) is 0 Å². The topological polar surface area (TPSA) is 34.4 Å². The smallest absolute Gasteiger partial charge is 0.183 e. The zero-order valence-electron chi connectivity index (χ0n) is 12.3. The number of benzene rings is 1. The molecule has 5 heteroatoms. The molecule has 0 saturated heterocycles. The third-order valence-electron chi connectivity index (χ3n) is 3.03. The Bertz CT molecular complexity index is 576. The van der Waals surface area contributed by atoms with E-state index in [2.05, 4.69) is 50.2 Å². The second-order valence-corrected chi connectivity index (χ2v) is 6.72. The minimum Gasteiger partial charge on any atom is -0.491 e. The maximum atomic E-state index is 5.86. The standard InChI is InChI=1S/C16H19Br2NO2/c1-10(2)20-15-7-5-4-6-13(15)11(3)19-9-12-8-14(17)16(18)21-12/h4-8,10-11,19H,9H2,1-3H3. The van der Waals surface area contributed by atoms with Crippen molar-refractivity contribution in [2.24, 2.45) is 0 Å². The minimum absolute atomic E-state index is 0.162. The van der Waals surface area contributed by atoms with Crippen LogP contribution in [-0.2, 0) is 6.54 Å². The Morgan fingerprint density at radius 1 is 1.19 bits per heavy atom. The lowest BCUT2D eigenvalue weighted by molar-refractivity contribution is 0.238. The number of rotatable bonds is 6. The second kappa shape index (κ2) is 7.47. The summed E-state index contributed by atoms with van der Waals surface area (Å²) in [5.74, 6) is 1.80. The van der Waals surface area contributed by atoms with E-state index in [4.69, 9.17) is 9.15 Å². The van der Waals surface area contributed by atoms with Crippen molar-refractivity contribution >= 4 is 31.9 Å². The molecule has 1 aromatic heterocycles. The summed E-state index contributed by atoms with van der Waals surface area (Å²) in [4.78, 5) is 0. The summed E-state index contributed by atoms with van der Waals surface area (Å²) in [6.07, 6.45) is 0.162. The number of nitrogens with one attached hydrogen (secondary N) is 1. The van der Waals surface area contributed by atoms with Gasteiger partial charge in [-0.1, -0.05) is 18.2 Å². The minimum atomic E-state index is 0.162. The first-order valence-electron chi connectivity index (χ1n) is 6.90. The van der Waals surface area contributed by atoms with Crippen LogP contribution in [0.5, 0.6) is 5.75 Å². The van der Waals surface area contributed by atoms with E-state index >= 15 is 0 Å². The van der Waals surface area contributed by atoms with Gasteiger partial charge in [-0.25, -0.2) is 0 Å². The molecule has 2 aromatic rings. The molecule has 1 aromatic carbocycles. The van der Waals surface area contributed by atoms with E-state index in [1.807, 2.05) is 38.1 Å². The van der Waals surface area contributed by atoms with E-state index < -0.39 is 0 Å². The van der Waals surface area contributed by atoms with Crippen LogP contribution in [0.1, 0.15) is 38.1 Å². The van der Waals surface area contributed by atoms with Crippen LogP contribution >= 0.6 is 31.9 Å². The number of furan rings is 1. The molecule has 0 aliphatic carbocycles. The predicted molar refractivity (Wildman–Crippen MR) is 91.6 cm³/mol. The molecule has 1 unspecified atom stereocenters. The Labute approximate surface area is 142 Å². The lowest BCUT2D eigenvalue weighted by Gasteiger charge is -2.19. The van der Waals surface area contributed by atoms with Gasteiger partial charge in [0.2, 0.25) is 0 Å². The first kappa shape index (κ1) is 16.6. The molecule has 1 atom stereocenters. The summed E-state index contributed by atoms with van der Waals surface area (Å²) >= 11 is 6.76. The Morgan fingerprint density at radius 2 is 1.90 bits per heavy atom. The van der Waals surface area contributed by atoms with E-state index in [9.17, 15) is 0 Å². The molecular weight excluding hydrogens is 398 g/mol. The Balaban J connectivity index is 2.04. The van der Waals surface area contributed by atoms with Crippen molar-refractivity contribution in [2.75, 3.05) is 0 Å². The third kappa shape index (κ3) is 4.59. The van der Waals surface area contributed by atoms with Gasteiger partial charge in [-0.05, 0) is 64.8 Å². The van der Waals surface area contributed by atoms with Crippen molar-refractivity contribution < 1.29 is 9.15 Å². The highest BCUT2D eigenvalue weighted by molar-refractivity contribution is 9.13. The molecule has 0 saturated carbocycles. The Kier molecular flexibility index (Phi) is 5.90. The highest BCUT2D eigenvalue weighted by atomic mass is 79.9. The highest BCUT2D eigenvalue weighted by Gasteiger charge is 2.13. The summed E-state index contributed by atoms with van der Waals surface area (Å²) in [5, 5.41) is 3.45. The monoisotopic (exact) mass is 415 g/mol. The van der Waals surface area contributed by atoms with Crippen LogP contribution in [0.15, 0.2) is 43.9 Å². The van der Waals surface area contributed by atoms with Gasteiger partial charge in [-0.2, -0.15) is 0 Å². The molecule has 0 fully saturated rings. The van der Waals surface area contributed by atoms with Gasteiger partial charge in [0, 0.05) is 11.6 Å². The first-order valence-corrected chi connectivity index (χ1v) is 8.48. The molecule has 0 radical (unpaired) electrons. The van der Waals surface area contributed by atoms with Crippen molar-refractivity contribution in [2.45, 2.75) is 39.5 Å². The number of para-hydroxylation sites is 1. The van der Waals surface area contributed by atoms with Gasteiger partial charge in [-0.15, -0.1) is 0 Å². The zero-order chi connectivity index (χ0) is 15.4. The average Bonchev–Trinajstić information content (AvgIpc) is 2.75. The van der Waals surface area contributed by atoms with Crippen LogP contribution in [0.25, 0.3) is 0 Å². The normalized spacial score (nSPS) is 12.7. The SMILES string of the molecule is CC(C)Oc1ccccc1C(C)NCc1cc(Br)c(Br)o1. The van der Waals surface area contributed by atoms with Crippen LogP contribution < -0.4 is 10.1 Å². The molecule has 0 aliphatic rings. The van der Waals surface area contributed by atoms with Crippen molar-refractivity contribution in [3.05, 3.63) is 50.8 Å². The molecular formula is C16H19Br2NO2. The Morgan fingerprint density at radius 3 is 2.52 bits per heavy atom. The molecule has 3 nitrogen and oxygen atoms in total. The highest BCUT2D eigenvalue weighted by Crippen LogP contribution is 2.28. The Hall–Kier alpha value is -0.780. The van der Waals surface area contributed by atoms with E-state index in [-0.39, 0.29) is 12.1 Å². The second-order valence-electron chi connectivity index (χ2n) is 5.14. The molecule has 0 amide bonds. The lowest BCUT2D eigenvalue weighted by Crippen LogP contribution is -2.19. The summed E-state index contributed by atoms with van der Waals surface area (Å²) in [6.45, 7) is 6.84. The molecule has 1 heterocycles. The maximum absolute atomic E-state index is 5.86. The number of ether oxygens (including phenoxy) is 1. The predicted octanol–water partition coefficient (Wildman–Crippen LogP) is 5.44. The van der Waals surface area contributed by atoms with Crippen LogP contribution in [0.3, 0.4) is 0 Å². The van der Waals surface area contributed by atoms with E-state index in [0.29, 0.717) is 6.54 Å². The van der Waals surface area contributed by atoms with Gasteiger partial charge >= 0.3 is 0 Å². The summed E-state index contributed by atoms with van der Waals surface area (Å²) in [6, 6.07) is 10.2. The van der Waals surface area contributed by atoms with Gasteiger partial charge in [0.1, 0.15) is 11.5 Å². The van der Waals surface area contributed by atoms with Crippen LogP contribution in [0.4, 0.5) is 0 Å². The number of hydrogen-bond acceptors (Lipinski definition) is 3. The van der Waals surface area contributed by atoms with Gasteiger partial charge in [0.25, 0.3) is 0 Å². The molecule has 0 spiro atoms. The quantitative estimate of drug-likeness (QED) is 0.680. The van der Waals surface area contributed by atoms with Gasteiger partial charge in [0.05, 0.1) is 17.1 Å². The summed E-state index contributed by atoms with van der Waals surface area (Å²) < 4.78 is 13.1.